The number of sulfonamides is 1. The summed E-state index contributed by atoms with van der Waals surface area (Å²) in [5.74, 6) is -0.937. The van der Waals surface area contributed by atoms with Crippen molar-refractivity contribution in [2.75, 3.05) is 19.4 Å². The van der Waals surface area contributed by atoms with Crippen LogP contribution in [0.2, 0.25) is 5.02 Å². The zero-order valence-electron chi connectivity index (χ0n) is 16.9. The lowest BCUT2D eigenvalue weighted by molar-refractivity contribution is 0.328. The molecule has 1 aromatic heterocycles. The Kier molecular flexibility index (Phi) is 8.01. The van der Waals surface area contributed by atoms with Gasteiger partial charge in [0.15, 0.2) is 4.21 Å². The molecule has 11 nitrogen and oxygen atoms in total. The lowest BCUT2D eigenvalue weighted by Gasteiger charge is -2.14. The first kappa shape index (κ1) is 25.7. The van der Waals surface area contributed by atoms with Crippen LogP contribution in [0.4, 0.5) is 4.39 Å². The van der Waals surface area contributed by atoms with Crippen LogP contribution in [0.5, 0.6) is 11.5 Å². The molecule has 3 rings (SSSR count). The second kappa shape index (κ2) is 10.6. The minimum absolute atomic E-state index is 0.105. The molecule has 0 radical (unpaired) electrons. The van der Waals surface area contributed by atoms with E-state index in [0.29, 0.717) is 15.8 Å². The van der Waals surface area contributed by atoms with E-state index in [9.17, 15) is 22.3 Å². The van der Waals surface area contributed by atoms with Gasteiger partial charge in [-0.3, -0.25) is 0 Å². The number of benzene rings is 2. The molecule has 0 amide bonds. The summed E-state index contributed by atoms with van der Waals surface area (Å²) < 4.78 is 63.9. The molecule has 0 saturated carbocycles. The van der Waals surface area contributed by atoms with Crippen LogP contribution in [0.3, 0.4) is 0 Å². The van der Waals surface area contributed by atoms with Crippen LogP contribution in [-0.4, -0.2) is 32.7 Å². The number of ether oxygens (including phenoxy) is 1. The van der Waals surface area contributed by atoms with Crippen LogP contribution >= 0.6 is 30.5 Å². The first-order valence-corrected chi connectivity index (χ1v) is 13.6. The molecule has 178 valence electrons. The van der Waals surface area contributed by atoms with Gasteiger partial charge in [0.05, 0.1) is 23.7 Å². The molecular weight excluding hydrogens is 532 g/mol. The summed E-state index contributed by atoms with van der Waals surface area (Å²) in [6, 6.07) is 9.19. The lowest BCUT2D eigenvalue weighted by atomic mass is 10.2. The molecule has 0 aliphatic carbocycles. The Balaban J connectivity index is 1.74. The molecule has 2 N–H and O–H groups in total. The molecular formula is C18H14ClFN5O6PS2. The van der Waals surface area contributed by atoms with E-state index in [1.54, 1.807) is 18.2 Å². The molecule has 0 spiro atoms. The average Bonchev–Trinajstić information content (AvgIpc) is 3.12. The Hall–Kier alpha value is -2.88. The van der Waals surface area contributed by atoms with Gasteiger partial charge in [0.2, 0.25) is 0 Å². The van der Waals surface area contributed by atoms with Gasteiger partial charge in [0, 0.05) is 21.1 Å². The maximum absolute atomic E-state index is 13.7. The number of halogens is 2. The minimum Gasteiger partial charge on any atom is -0.493 e. The minimum atomic E-state index is -4.58. The van der Waals surface area contributed by atoms with Crippen molar-refractivity contribution in [1.82, 2.24) is 4.72 Å². The standard InChI is InChI=1S/C18H14ClFN5O6PS2/c19-17-14-7-12(30-6-5-23-25-22)3-4-16(14)33-18(17)34(28,29)24-10-32(26,27)31-13-2-1-11(9-21)15(20)8-13/h1-4,7-8,24H,5-6,10H2,(H,26,27). The fourth-order valence-electron chi connectivity index (χ4n) is 2.61. The Bertz CT molecular complexity index is 1490. The maximum atomic E-state index is 13.7. The fraction of sp³-hybridized carbons (Fsp3) is 0.167. The van der Waals surface area contributed by atoms with Gasteiger partial charge in [-0.25, -0.2) is 17.4 Å². The van der Waals surface area contributed by atoms with E-state index in [4.69, 9.17) is 31.7 Å². The lowest BCUT2D eigenvalue weighted by Crippen LogP contribution is -2.25. The van der Waals surface area contributed by atoms with Crippen LogP contribution in [0.25, 0.3) is 20.5 Å². The monoisotopic (exact) mass is 545 g/mol. The van der Waals surface area contributed by atoms with Crippen molar-refractivity contribution in [1.29, 1.82) is 5.26 Å². The van der Waals surface area contributed by atoms with Crippen molar-refractivity contribution >= 4 is 50.6 Å². The van der Waals surface area contributed by atoms with E-state index in [1.165, 1.54) is 6.07 Å². The predicted molar refractivity (Wildman–Crippen MR) is 123 cm³/mol. The molecule has 1 atom stereocenters. The van der Waals surface area contributed by atoms with E-state index in [1.807, 2.05) is 4.72 Å². The number of nitrogens with one attached hydrogen (secondary N) is 1. The van der Waals surface area contributed by atoms with Gasteiger partial charge >= 0.3 is 7.60 Å². The Labute approximate surface area is 201 Å². The number of rotatable bonds is 10. The summed E-state index contributed by atoms with van der Waals surface area (Å²) in [6.45, 7) is 0.215. The Morgan fingerprint density at radius 1 is 1.32 bits per heavy atom. The third-order valence-electron chi connectivity index (χ3n) is 4.10. The number of thiophene rings is 1. The van der Waals surface area contributed by atoms with Crippen molar-refractivity contribution < 1.29 is 31.5 Å². The zero-order valence-corrected chi connectivity index (χ0v) is 20.2. The van der Waals surface area contributed by atoms with E-state index in [2.05, 4.69) is 10.0 Å². The van der Waals surface area contributed by atoms with Crippen molar-refractivity contribution in [3.8, 4) is 17.6 Å². The maximum Gasteiger partial charge on any atom is 0.391 e. The Morgan fingerprint density at radius 3 is 2.74 bits per heavy atom. The molecule has 0 aliphatic rings. The van der Waals surface area contributed by atoms with Gasteiger partial charge in [0.25, 0.3) is 10.0 Å². The van der Waals surface area contributed by atoms with Gasteiger partial charge in [-0.1, -0.05) is 16.7 Å². The smallest absolute Gasteiger partial charge is 0.391 e. The normalized spacial score (nSPS) is 13.0. The van der Waals surface area contributed by atoms with Crippen molar-refractivity contribution in [3.05, 3.63) is 63.2 Å². The summed E-state index contributed by atoms with van der Waals surface area (Å²) in [5.41, 5.74) is 7.99. The van der Waals surface area contributed by atoms with Crippen LogP contribution in [0.15, 0.2) is 45.7 Å². The summed E-state index contributed by atoms with van der Waals surface area (Å²) in [5, 5.41) is 12.3. The average molecular weight is 546 g/mol. The highest BCUT2D eigenvalue weighted by Crippen LogP contribution is 2.43. The highest BCUT2D eigenvalue weighted by molar-refractivity contribution is 7.92. The van der Waals surface area contributed by atoms with Crippen molar-refractivity contribution in [2.45, 2.75) is 4.21 Å². The summed E-state index contributed by atoms with van der Waals surface area (Å²) >= 11 is 7.10. The van der Waals surface area contributed by atoms with E-state index in [-0.39, 0.29) is 33.7 Å². The largest absolute Gasteiger partial charge is 0.493 e. The van der Waals surface area contributed by atoms with Gasteiger partial charge in [-0.15, -0.1) is 11.3 Å². The molecule has 34 heavy (non-hydrogen) atoms. The molecule has 0 saturated heterocycles. The van der Waals surface area contributed by atoms with Gasteiger partial charge in [0.1, 0.15) is 29.7 Å². The highest BCUT2D eigenvalue weighted by Gasteiger charge is 2.29. The molecule has 1 heterocycles. The molecule has 1 unspecified atom stereocenters. The molecule has 16 heteroatoms. The van der Waals surface area contributed by atoms with Crippen LogP contribution in [0, 0.1) is 17.1 Å². The number of fused-ring (bicyclic) bond motifs is 1. The summed E-state index contributed by atoms with van der Waals surface area (Å²) in [6.07, 6.45) is -1.02. The van der Waals surface area contributed by atoms with E-state index in [0.717, 1.165) is 29.5 Å². The molecule has 0 fully saturated rings. The van der Waals surface area contributed by atoms with E-state index < -0.39 is 29.7 Å². The van der Waals surface area contributed by atoms with E-state index >= 15 is 0 Å². The number of hydrogen-bond acceptors (Lipinski definition) is 8. The van der Waals surface area contributed by atoms with Gasteiger partial charge < -0.3 is 14.2 Å². The SMILES string of the molecule is N#Cc1ccc(OP(=O)(O)CNS(=O)(=O)c2sc3ccc(OCCN=[N+]=[N-])cc3c2Cl)cc1F. The van der Waals surface area contributed by atoms with Crippen LogP contribution in [-0.2, 0) is 14.6 Å². The highest BCUT2D eigenvalue weighted by atomic mass is 35.5. The predicted octanol–water partition coefficient (Wildman–Crippen LogP) is 4.75. The molecule has 3 aromatic rings. The second-order valence-corrected chi connectivity index (χ2v) is 11.6. The number of azide groups is 1. The Morgan fingerprint density at radius 2 is 2.06 bits per heavy atom. The topological polar surface area (TPSA) is 174 Å². The van der Waals surface area contributed by atoms with Gasteiger partial charge in [-0.05, 0) is 35.9 Å². The third kappa shape index (κ3) is 6.16. The zero-order chi connectivity index (χ0) is 24.9. The quantitative estimate of drug-likeness (QED) is 0.121. The van der Waals surface area contributed by atoms with Crippen LogP contribution in [0.1, 0.15) is 5.56 Å². The second-order valence-electron chi connectivity index (χ2n) is 6.45. The summed E-state index contributed by atoms with van der Waals surface area (Å²) in [7, 11) is -8.91. The molecule has 2 aromatic carbocycles. The number of nitriles is 1. The van der Waals surface area contributed by atoms with Crippen molar-refractivity contribution in [3.63, 3.8) is 0 Å². The molecule has 0 aliphatic heterocycles. The number of nitrogens with zero attached hydrogens (tertiary/aromatic N) is 4. The van der Waals surface area contributed by atoms with Crippen molar-refractivity contribution in [2.24, 2.45) is 5.11 Å². The molecule has 0 bridgehead atoms. The number of hydrogen-bond donors (Lipinski definition) is 2. The summed E-state index contributed by atoms with van der Waals surface area (Å²) in [4.78, 5) is 12.6. The van der Waals surface area contributed by atoms with Crippen LogP contribution < -0.4 is 14.0 Å². The first-order chi connectivity index (χ1) is 16.1. The van der Waals surface area contributed by atoms with Gasteiger partial charge in [-0.2, -0.15) is 9.98 Å². The fourth-order valence-corrected chi connectivity index (χ4v) is 7.25. The first-order valence-electron chi connectivity index (χ1n) is 9.13. The third-order valence-corrected chi connectivity index (χ3v) is 9.07.